The lowest BCUT2D eigenvalue weighted by atomic mass is 10.2. The summed E-state index contributed by atoms with van der Waals surface area (Å²) < 4.78 is 66.8. The molecule has 2 aromatic heterocycles. The lowest BCUT2D eigenvalue weighted by Gasteiger charge is -2.35. The van der Waals surface area contributed by atoms with Gasteiger partial charge in [0.05, 0.1) is 0 Å². The van der Waals surface area contributed by atoms with Crippen molar-refractivity contribution in [3.8, 4) is 0 Å². The molecule has 0 N–H and O–H groups in total. The van der Waals surface area contributed by atoms with E-state index in [1.165, 1.54) is 28.9 Å². The van der Waals surface area contributed by atoms with E-state index in [0.717, 1.165) is 12.3 Å². The average Bonchev–Trinajstić information content (AvgIpc) is 3.06. The highest BCUT2D eigenvalue weighted by Crippen LogP contribution is 2.30. The molecule has 1 aromatic carbocycles. The van der Waals surface area contributed by atoms with Gasteiger partial charge >= 0.3 is 6.18 Å². The first kappa shape index (κ1) is 18.6. The first-order valence-corrected chi connectivity index (χ1v) is 8.63. The summed E-state index contributed by atoms with van der Waals surface area (Å²) in [6.45, 7) is 2.57. The van der Waals surface area contributed by atoms with Gasteiger partial charge in [0.1, 0.15) is 11.6 Å². The van der Waals surface area contributed by atoms with Crippen LogP contribution in [0.25, 0.3) is 5.65 Å². The molecule has 0 amide bonds. The van der Waals surface area contributed by atoms with E-state index >= 15 is 0 Å². The Labute approximate surface area is 157 Å². The number of anilines is 1. The summed E-state index contributed by atoms with van der Waals surface area (Å²) in [4.78, 5) is 11.8. The highest BCUT2D eigenvalue weighted by molar-refractivity contribution is 5.64. The van der Waals surface area contributed by atoms with Crippen molar-refractivity contribution in [2.45, 2.75) is 12.7 Å². The number of rotatable bonds is 3. The number of aromatic nitrogens is 3. The van der Waals surface area contributed by atoms with Crippen molar-refractivity contribution in [2.75, 3.05) is 31.1 Å². The Morgan fingerprint density at radius 1 is 0.964 bits per heavy atom. The molecule has 0 aliphatic carbocycles. The van der Waals surface area contributed by atoms with Gasteiger partial charge in [-0.05, 0) is 17.7 Å². The van der Waals surface area contributed by atoms with Crippen LogP contribution in [0.3, 0.4) is 0 Å². The molecule has 1 aliphatic heterocycles. The third-order valence-corrected chi connectivity index (χ3v) is 4.65. The van der Waals surface area contributed by atoms with E-state index in [4.69, 9.17) is 0 Å². The number of nitrogens with zero attached hydrogens (tertiary/aromatic N) is 5. The largest absolute Gasteiger partial charge is 0.434 e. The third-order valence-electron chi connectivity index (χ3n) is 4.65. The number of hydrogen-bond donors (Lipinski definition) is 0. The molecule has 0 atom stereocenters. The predicted molar refractivity (Wildman–Crippen MR) is 91.8 cm³/mol. The molecule has 0 spiro atoms. The molecule has 0 saturated carbocycles. The second kappa shape index (κ2) is 7.01. The first-order chi connectivity index (χ1) is 13.3. The molecule has 0 unspecified atom stereocenters. The maximum atomic E-state index is 13.3. The molecule has 148 valence electrons. The van der Waals surface area contributed by atoms with Crippen molar-refractivity contribution in [2.24, 2.45) is 0 Å². The minimum Gasteiger partial charge on any atom is -0.351 e. The lowest BCUT2D eigenvalue weighted by Crippen LogP contribution is -2.46. The fraction of sp³-hybridized carbons (Fsp3) is 0.333. The lowest BCUT2D eigenvalue weighted by molar-refractivity contribution is -0.140. The molecule has 4 rings (SSSR count). The first-order valence-electron chi connectivity index (χ1n) is 8.63. The van der Waals surface area contributed by atoms with Gasteiger partial charge in [0.25, 0.3) is 0 Å². The molecular weight excluding hydrogens is 381 g/mol. The Bertz CT molecular complexity index is 971. The molecule has 1 aliphatic rings. The number of halogens is 5. The average molecular weight is 397 g/mol. The summed E-state index contributed by atoms with van der Waals surface area (Å²) in [7, 11) is 0. The molecular formula is C18H16F5N5. The molecule has 5 nitrogen and oxygen atoms in total. The summed E-state index contributed by atoms with van der Waals surface area (Å²) in [6.07, 6.45) is -0.723. The predicted octanol–water partition coefficient (Wildman–Crippen LogP) is 3.35. The molecule has 3 aromatic rings. The summed E-state index contributed by atoms with van der Waals surface area (Å²) in [5.74, 6) is -0.858. The molecule has 28 heavy (non-hydrogen) atoms. The van der Waals surface area contributed by atoms with E-state index in [1.807, 2.05) is 9.80 Å². The van der Waals surface area contributed by atoms with Crippen LogP contribution in [0.5, 0.6) is 0 Å². The quantitative estimate of drug-likeness (QED) is 0.636. The summed E-state index contributed by atoms with van der Waals surface area (Å²) in [5.41, 5.74) is -0.279. The molecule has 10 heteroatoms. The van der Waals surface area contributed by atoms with Crippen molar-refractivity contribution in [3.05, 3.63) is 59.7 Å². The van der Waals surface area contributed by atoms with Crippen LogP contribution < -0.4 is 4.90 Å². The summed E-state index contributed by atoms with van der Waals surface area (Å²) in [6, 6.07) is 3.41. The Balaban J connectivity index is 1.48. The van der Waals surface area contributed by atoms with Crippen LogP contribution in [0.15, 0.2) is 36.8 Å². The second-order valence-electron chi connectivity index (χ2n) is 6.65. The Morgan fingerprint density at radius 2 is 1.64 bits per heavy atom. The van der Waals surface area contributed by atoms with Crippen molar-refractivity contribution in [1.29, 1.82) is 0 Å². The second-order valence-corrected chi connectivity index (χ2v) is 6.65. The molecule has 0 bridgehead atoms. The van der Waals surface area contributed by atoms with Crippen molar-refractivity contribution >= 4 is 11.5 Å². The highest BCUT2D eigenvalue weighted by atomic mass is 19.4. The van der Waals surface area contributed by atoms with Crippen molar-refractivity contribution in [3.63, 3.8) is 0 Å². The zero-order valence-corrected chi connectivity index (χ0v) is 14.6. The van der Waals surface area contributed by atoms with Gasteiger partial charge in [-0.2, -0.15) is 13.2 Å². The number of fused-ring (bicyclic) bond motifs is 1. The van der Waals surface area contributed by atoms with E-state index in [2.05, 4.69) is 9.97 Å². The minimum absolute atomic E-state index is 0.149. The SMILES string of the molecule is Fc1cc(F)cc(CN2CCN(c3nccn4cc(C(F)(F)F)nc34)CC2)c1. The van der Waals surface area contributed by atoms with Crippen LogP contribution in [-0.4, -0.2) is 45.4 Å². The van der Waals surface area contributed by atoms with Crippen LogP contribution in [-0.2, 0) is 12.7 Å². The van der Waals surface area contributed by atoms with Gasteiger partial charge < -0.3 is 9.30 Å². The van der Waals surface area contributed by atoms with Gasteiger partial charge in [-0.25, -0.2) is 18.7 Å². The zero-order valence-electron chi connectivity index (χ0n) is 14.6. The van der Waals surface area contributed by atoms with Gasteiger partial charge in [-0.15, -0.1) is 0 Å². The molecule has 3 heterocycles. The number of piperazine rings is 1. The van der Waals surface area contributed by atoms with Crippen LogP contribution in [0, 0.1) is 11.6 Å². The summed E-state index contributed by atoms with van der Waals surface area (Å²) >= 11 is 0. The maximum absolute atomic E-state index is 13.3. The fourth-order valence-corrected chi connectivity index (χ4v) is 3.34. The van der Waals surface area contributed by atoms with Gasteiger partial charge in [-0.1, -0.05) is 0 Å². The van der Waals surface area contributed by atoms with Crippen molar-refractivity contribution < 1.29 is 22.0 Å². The normalized spacial score (nSPS) is 16.1. The third kappa shape index (κ3) is 3.77. The van der Waals surface area contributed by atoms with E-state index in [1.54, 1.807) is 0 Å². The van der Waals surface area contributed by atoms with Crippen LogP contribution in [0.4, 0.5) is 27.8 Å². The number of benzene rings is 1. The smallest absolute Gasteiger partial charge is 0.351 e. The van der Waals surface area contributed by atoms with Gasteiger partial charge in [0.15, 0.2) is 17.2 Å². The van der Waals surface area contributed by atoms with Crippen LogP contribution >= 0.6 is 0 Å². The monoisotopic (exact) mass is 397 g/mol. The van der Waals surface area contributed by atoms with Crippen LogP contribution in [0.2, 0.25) is 0 Å². The standard InChI is InChI=1S/C18H16F5N5/c19-13-7-12(8-14(20)9-13)10-26-3-5-27(6-4-26)16-17-25-15(18(21,22)23)11-28(17)2-1-24-16/h1-2,7-9,11H,3-6,10H2. The van der Waals surface area contributed by atoms with Gasteiger partial charge in [0, 0.05) is 57.4 Å². The van der Waals surface area contributed by atoms with Crippen molar-refractivity contribution in [1.82, 2.24) is 19.3 Å². The Morgan fingerprint density at radius 3 is 2.29 bits per heavy atom. The van der Waals surface area contributed by atoms with E-state index < -0.39 is 23.5 Å². The highest BCUT2D eigenvalue weighted by Gasteiger charge is 2.34. The number of alkyl halides is 3. The Kier molecular flexibility index (Phi) is 4.66. The molecule has 1 saturated heterocycles. The van der Waals surface area contributed by atoms with E-state index in [-0.39, 0.29) is 5.65 Å². The Hall–Kier alpha value is -2.75. The van der Waals surface area contributed by atoms with Gasteiger partial charge in [0.2, 0.25) is 0 Å². The molecule has 1 fully saturated rings. The van der Waals surface area contributed by atoms with E-state index in [9.17, 15) is 22.0 Å². The number of imidazole rings is 1. The minimum atomic E-state index is -4.53. The maximum Gasteiger partial charge on any atom is 0.434 e. The summed E-state index contributed by atoms with van der Waals surface area (Å²) in [5, 5.41) is 0. The van der Waals surface area contributed by atoms with Crippen LogP contribution in [0.1, 0.15) is 11.3 Å². The van der Waals surface area contributed by atoms with Gasteiger partial charge in [-0.3, -0.25) is 4.90 Å². The fourth-order valence-electron chi connectivity index (χ4n) is 3.34. The van der Waals surface area contributed by atoms with E-state index in [0.29, 0.717) is 44.1 Å². The number of hydrogen-bond acceptors (Lipinski definition) is 4. The topological polar surface area (TPSA) is 36.7 Å². The molecule has 0 radical (unpaired) electrons. The zero-order chi connectivity index (χ0) is 19.9.